The third-order valence-corrected chi connectivity index (χ3v) is 5.13. The summed E-state index contributed by atoms with van der Waals surface area (Å²) in [6.07, 6.45) is 0.717. The predicted octanol–water partition coefficient (Wildman–Crippen LogP) is 3.18. The van der Waals surface area contributed by atoms with Crippen LogP contribution in [0.2, 0.25) is 0 Å². The van der Waals surface area contributed by atoms with Crippen molar-refractivity contribution in [3.8, 4) is 0 Å². The average Bonchev–Trinajstić information content (AvgIpc) is 2.63. The molecule has 5 nitrogen and oxygen atoms in total. The lowest BCUT2D eigenvalue weighted by Gasteiger charge is -2.35. The predicted molar refractivity (Wildman–Crippen MR) is 107 cm³/mol. The minimum Gasteiger partial charge on any atom is -0.352 e. The van der Waals surface area contributed by atoms with Crippen molar-refractivity contribution in [2.24, 2.45) is 0 Å². The van der Waals surface area contributed by atoms with E-state index in [9.17, 15) is 14.0 Å². The van der Waals surface area contributed by atoms with Crippen molar-refractivity contribution in [2.45, 2.75) is 33.2 Å². The molecule has 0 aliphatic carbocycles. The van der Waals surface area contributed by atoms with Crippen LogP contribution in [0.5, 0.6) is 0 Å². The highest BCUT2D eigenvalue weighted by atomic mass is 19.1. The molecule has 0 radical (unpaired) electrons. The number of hydrogen-bond acceptors (Lipinski definition) is 2. The fraction of sp³-hybridized carbons (Fsp3) is 0.364. The van der Waals surface area contributed by atoms with Gasteiger partial charge >= 0.3 is 6.03 Å². The van der Waals surface area contributed by atoms with Crippen LogP contribution in [-0.2, 0) is 11.2 Å². The zero-order chi connectivity index (χ0) is 20.3. The van der Waals surface area contributed by atoms with Crippen molar-refractivity contribution in [2.75, 3.05) is 19.6 Å². The van der Waals surface area contributed by atoms with Crippen LogP contribution < -0.4 is 10.6 Å². The molecular weight excluding hydrogens is 357 g/mol. The van der Waals surface area contributed by atoms with Crippen molar-refractivity contribution >= 4 is 11.9 Å². The SMILES string of the molecule is Cc1cc(C)c(CCNC(=O)N2CCNC(=O)C2c2cccc(F)c2)c(C)c1. The Balaban J connectivity index is 1.69. The van der Waals surface area contributed by atoms with Gasteiger partial charge in [0, 0.05) is 19.6 Å². The van der Waals surface area contributed by atoms with Crippen LogP contribution in [0.4, 0.5) is 9.18 Å². The third kappa shape index (κ3) is 4.32. The zero-order valence-corrected chi connectivity index (χ0v) is 16.5. The van der Waals surface area contributed by atoms with E-state index >= 15 is 0 Å². The molecule has 2 aromatic rings. The Morgan fingerprint density at radius 2 is 1.93 bits per heavy atom. The van der Waals surface area contributed by atoms with Crippen LogP contribution >= 0.6 is 0 Å². The summed E-state index contributed by atoms with van der Waals surface area (Å²) in [5.74, 6) is -0.723. The lowest BCUT2D eigenvalue weighted by atomic mass is 9.97. The van der Waals surface area contributed by atoms with Gasteiger partial charge in [0.05, 0.1) is 0 Å². The van der Waals surface area contributed by atoms with E-state index < -0.39 is 11.9 Å². The van der Waals surface area contributed by atoms with Gasteiger partial charge in [0.1, 0.15) is 11.9 Å². The molecule has 0 aromatic heterocycles. The highest BCUT2D eigenvalue weighted by molar-refractivity contribution is 5.89. The van der Waals surface area contributed by atoms with E-state index in [1.54, 1.807) is 12.1 Å². The van der Waals surface area contributed by atoms with E-state index in [1.807, 2.05) is 0 Å². The number of halogens is 1. The average molecular weight is 383 g/mol. The van der Waals surface area contributed by atoms with Gasteiger partial charge in [-0.3, -0.25) is 4.79 Å². The molecular formula is C22H26FN3O2. The van der Waals surface area contributed by atoms with Crippen molar-refractivity contribution in [1.82, 2.24) is 15.5 Å². The molecule has 1 atom stereocenters. The van der Waals surface area contributed by atoms with Gasteiger partial charge in [-0.2, -0.15) is 0 Å². The molecule has 1 fully saturated rings. The first-order chi connectivity index (χ1) is 13.4. The molecule has 1 unspecified atom stereocenters. The van der Waals surface area contributed by atoms with E-state index in [2.05, 4.69) is 43.5 Å². The molecule has 1 aliphatic rings. The summed E-state index contributed by atoms with van der Waals surface area (Å²) in [6, 6.07) is 8.97. The highest BCUT2D eigenvalue weighted by Gasteiger charge is 2.34. The zero-order valence-electron chi connectivity index (χ0n) is 16.5. The molecule has 28 heavy (non-hydrogen) atoms. The number of carbonyl (C=O) groups excluding carboxylic acids is 2. The molecule has 3 amide bonds. The minimum atomic E-state index is -0.827. The maximum atomic E-state index is 13.6. The maximum absolute atomic E-state index is 13.6. The Morgan fingerprint density at radius 1 is 1.21 bits per heavy atom. The summed E-state index contributed by atoms with van der Waals surface area (Å²) in [7, 11) is 0. The quantitative estimate of drug-likeness (QED) is 0.852. The van der Waals surface area contributed by atoms with Gasteiger partial charge in [0.25, 0.3) is 0 Å². The van der Waals surface area contributed by atoms with E-state index in [0.717, 1.165) is 0 Å². The molecule has 1 saturated heterocycles. The number of aryl methyl sites for hydroxylation is 3. The van der Waals surface area contributed by atoms with Crippen LogP contribution in [0.15, 0.2) is 36.4 Å². The van der Waals surface area contributed by atoms with Gasteiger partial charge in [-0.25, -0.2) is 9.18 Å². The van der Waals surface area contributed by atoms with Crippen LogP contribution in [0.25, 0.3) is 0 Å². The van der Waals surface area contributed by atoms with Crippen LogP contribution in [-0.4, -0.2) is 36.5 Å². The van der Waals surface area contributed by atoms with E-state index in [4.69, 9.17) is 0 Å². The van der Waals surface area contributed by atoms with Gasteiger partial charge in [-0.1, -0.05) is 29.8 Å². The van der Waals surface area contributed by atoms with Gasteiger partial charge < -0.3 is 15.5 Å². The van der Waals surface area contributed by atoms with Gasteiger partial charge in [-0.15, -0.1) is 0 Å². The Bertz CT molecular complexity index is 874. The Kier molecular flexibility index (Phi) is 5.97. The Labute approximate surface area is 164 Å². The molecule has 6 heteroatoms. The standard InChI is InChI=1S/C22H26FN3O2/c1-14-11-15(2)19(16(3)12-14)7-8-25-22(28)26-10-9-24-21(27)20(26)17-5-4-6-18(23)13-17/h4-6,11-13,20H,7-10H2,1-3H3,(H,24,27)(H,25,28). The largest absolute Gasteiger partial charge is 0.352 e. The first-order valence-electron chi connectivity index (χ1n) is 9.51. The molecule has 2 N–H and O–H groups in total. The summed E-state index contributed by atoms with van der Waals surface area (Å²) in [5, 5.41) is 5.67. The molecule has 3 rings (SSSR count). The number of piperazine rings is 1. The topological polar surface area (TPSA) is 61.4 Å². The fourth-order valence-electron chi connectivity index (χ4n) is 3.89. The molecule has 0 saturated carbocycles. The van der Waals surface area contributed by atoms with Gasteiger partial charge in [0.15, 0.2) is 0 Å². The molecule has 2 aromatic carbocycles. The van der Waals surface area contributed by atoms with E-state index in [0.29, 0.717) is 31.6 Å². The lowest BCUT2D eigenvalue weighted by Crippen LogP contribution is -2.55. The summed E-state index contributed by atoms with van der Waals surface area (Å²) in [5.41, 5.74) is 5.34. The van der Waals surface area contributed by atoms with Gasteiger partial charge in [-0.05, 0) is 61.6 Å². The third-order valence-electron chi connectivity index (χ3n) is 5.13. The number of benzene rings is 2. The number of amides is 3. The summed E-state index contributed by atoms with van der Waals surface area (Å²) >= 11 is 0. The number of carbonyl (C=O) groups is 2. The normalized spacial score (nSPS) is 16.6. The molecule has 1 heterocycles. The smallest absolute Gasteiger partial charge is 0.318 e. The molecule has 0 bridgehead atoms. The number of urea groups is 1. The van der Waals surface area contributed by atoms with Crippen molar-refractivity contribution < 1.29 is 14.0 Å². The minimum absolute atomic E-state index is 0.294. The monoisotopic (exact) mass is 383 g/mol. The fourth-order valence-corrected chi connectivity index (χ4v) is 3.89. The molecule has 148 valence electrons. The molecule has 0 spiro atoms. The summed E-state index contributed by atoms with van der Waals surface area (Å²) in [6.45, 7) is 7.45. The Hall–Kier alpha value is -2.89. The highest BCUT2D eigenvalue weighted by Crippen LogP contribution is 2.24. The van der Waals surface area contributed by atoms with Crippen molar-refractivity contribution in [3.63, 3.8) is 0 Å². The number of nitrogens with zero attached hydrogens (tertiary/aromatic N) is 1. The van der Waals surface area contributed by atoms with E-state index in [-0.39, 0.29) is 11.9 Å². The second-order valence-corrected chi connectivity index (χ2v) is 7.30. The van der Waals surface area contributed by atoms with Crippen molar-refractivity contribution in [3.05, 3.63) is 70.0 Å². The summed E-state index contributed by atoms with van der Waals surface area (Å²) in [4.78, 5) is 26.6. The Morgan fingerprint density at radius 3 is 2.61 bits per heavy atom. The van der Waals surface area contributed by atoms with Crippen LogP contribution in [0.1, 0.15) is 33.9 Å². The number of nitrogens with one attached hydrogen (secondary N) is 2. The second-order valence-electron chi connectivity index (χ2n) is 7.30. The van der Waals surface area contributed by atoms with Gasteiger partial charge in [0.2, 0.25) is 5.91 Å². The van der Waals surface area contributed by atoms with Crippen LogP contribution in [0.3, 0.4) is 0 Å². The lowest BCUT2D eigenvalue weighted by molar-refractivity contribution is -0.127. The first-order valence-corrected chi connectivity index (χ1v) is 9.51. The molecule has 1 aliphatic heterocycles. The number of rotatable bonds is 4. The second kappa shape index (κ2) is 8.42. The van der Waals surface area contributed by atoms with Crippen molar-refractivity contribution in [1.29, 1.82) is 0 Å². The maximum Gasteiger partial charge on any atom is 0.318 e. The number of hydrogen-bond donors (Lipinski definition) is 2. The van der Waals surface area contributed by atoms with E-state index in [1.165, 1.54) is 39.3 Å². The van der Waals surface area contributed by atoms with Crippen LogP contribution in [0, 0.1) is 26.6 Å². The summed E-state index contributed by atoms with van der Waals surface area (Å²) < 4.78 is 13.6. The first kappa shape index (κ1) is 19.9.